The predicted molar refractivity (Wildman–Crippen MR) is 145 cm³/mol. The highest BCUT2D eigenvalue weighted by Gasteiger charge is 2.46. The number of fused-ring (bicyclic) bond motifs is 7. The Balaban J connectivity index is 1.73. The summed E-state index contributed by atoms with van der Waals surface area (Å²) in [4.78, 5) is 36.3. The molecule has 0 radical (unpaired) electrons. The van der Waals surface area contributed by atoms with Crippen molar-refractivity contribution >= 4 is 41.6 Å². The van der Waals surface area contributed by atoms with Crippen LogP contribution in [0, 0.1) is 39.5 Å². The Kier molecular flexibility index (Phi) is 4.92. The normalized spacial score (nSPS) is 25.1. The first-order valence-corrected chi connectivity index (χ1v) is 12.6. The Bertz CT molecular complexity index is 1750. The molecule has 0 saturated carbocycles. The van der Waals surface area contributed by atoms with E-state index in [4.69, 9.17) is 0 Å². The average Bonchev–Trinajstić information content (AvgIpc) is 3.59. The highest BCUT2D eigenvalue weighted by atomic mass is 16.4. The smallest absolute Gasteiger partial charge is 0.319 e. The number of H-pyrrole nitrogens is 3. The minimum absolute atomic E-state index is 0.131. The Morgan fingerprint density at radius 2 is 1.59 bits per heavy atom. The van der Waals surface area contributed by atoms with Crippen LogP contribution in [0.1, 0.15) is 74.3 Å². The molecule has 0 aromatic carbocycles. The van der Waals surface area contributed by atoms with Gasteiger partial charge in [0, 0.05) is 61.8 Å². The molecule has 2 aliphatic heterocycles. The van der Waals surface area contributed by atoms with Gasteiger partial charge < -0.3 is 25.4 Å². The van der Waals surface area contributed by atoms with Crippen LogP contribution in [-0.2, 0) is 4.79 Å². The number of aliphatic carboxylic acids is 1. The maximum atomic E-state index is 13.4. The Morgan fingerprint density at radius 1 is 0.946 bits per heavy atom. The first-order chi connectivity index (χ1) is 17.6. The van der Waals surface area contributed by atoms with E-state index in [1.54, 1.807) is 0 Å². The third-order valence-corrected chi connectivity index (χ3v) is 8.35. The number of hydrogen-bond acceptors (Lipinski definition) is 3. The molecule has 3 aliphatic rings. The van der Waals surface area contributed by atoms with E-state index >= 15 is 0 Å². The first-order valence-electron chi connectivity index (χ1n) is 12.6. The maximum absolute atomic E-state index is 13.4. The lowest BCUT2D eigenvalue weighted by atomic mass is 9.95. The van der Waals surface area contributed by atoms with Crippen LogP contribution in [-0.4, -0.2) is 31.8 Å². The van der Waals surface area contributed by atoms with Gasteiger partial charge in [0.1, 0.15) is 5.92 Å². The van der Waals surface area contributed by atoms with Crippen molar-refractivity contribution in [2.24, 2.45) is 11.8 Å². The summed E-state index contributed by atoms with van der Waals surface area (Å²) in [7, 11) is 0. The number of ketones is 1. The summed E-state index contributed by atoms with van der Waals surface area (Å²) in [5.41, 5.74) is 11.3. The van der Waals surface area contributed by atoms with Crippen molar-refractivity contribution in [2.45, 2.75) is 41.0 Å². The number of hydrogen-bond donors (Lipinski definition) is 5. The Labute approximate surface area is 214 Å². The van der Waals surface area contributed by atoms with Crippen molar-refractivity contribution < 1.29 is 14.7 Å². The third kappa shape index (κ3) is 3.19. The van der Waals surface area contributed by atoms with Gasteiger partial charge in [-0.25, -0.2) is 0 Å². The molecule has 0 unspecified atom stereocenters. The van der Waals surface area contributed by atoms with Gasteiger partial charge in [-0.3, -0.25) is 9.59 Å². The zero-order valence-corrected chi connectivity index (χ0v) is 21.6. The van der Waals surface area contributed by atoms with Crippen molar-refractivity contribution in [3.63, 3.8) is 0 Å². The fraction of sp³-hybridized carbons (Fsp3) is 0.267. The molecular formula is C30H30N4O3. The molecule has 0 amide bonds. The number of carboxylic acid groups (broad SMARTS) is 1. The number of Topliss-reactive ketones (excluding diaryl/α,β-unsaturated/α-hetero) is 1. The van der Waals surface area contributed by atoms with Crippen LogP contribution in [0.25, 0.3) is 29.9 Å². The van der Waals surface area contributed by atoms with Crippen molar-refractivity contribution in [3.8, 4) is 0 Å². The van der Waals surface area contributed by atoms with Crippen LogP contribution in [0.5, 0.6) is 0 Å². The molecule has 1 fully saturated rings. The molecule has 3 aromatic rings. The van der Waals surface area contributed by atoms with Crippen LogP contribution >= 0.6 is 0 Å². The first kappa shape index (κ1) is 23.2. The summed E-state index contributed by atoms with van der Waals surface area (Å²) in [6.07, 6.45) is 8.72. The van der Waals surface area contributed by atoms with Crippen LogP contribution in [0.4, 0.5) is 0 Å². The number of carbonyl (C=O) groups is 2. The van der Waals surface area contributed by atoms with Crippen LogP contribution in [0.3, 0.4) is 0 Å². The maximum Gasteiger partial charge on any atom is 0.319 e. The minimum atomic E-state index is -1.22. The van der Waals surface area contributed by atoms with Gasteiger partial charge in [-0.15, -0.1) is 0 Å². The van der Waals surface area contributed by atoms with Crippen molar-refractivity contribution in [2.75, 3.05) is 0 Å². The van der Waals surface area contributed by atoms with Gasteiger partial charge in [0.05, 0.1) is 5.69 Å². The standard InChI is InChI=1S/C30H30N4O3/c1-7-17-15(5)21-9-18-12(2)8-24(31-18)26-27(30(36)37)29(35)25-16(6)22(34-28(25)26)10-19-13(3)14(4)20(32-19)11-23(17)33-21/h7,9-12,27,31-34H,1,8H2,2-6H3,(H,36,37)/b18-9-,19-10-,20-11-,26-24-/t12-,27+/m0/s1. The number of carboxylic acids is 1. The molecule has 1 aliphatic carbocycles. The Morgan fingerprint density at radius 3 is 2.24 bits per heavy atom. The second-order valence-electron chi connectivity index (χ2n) is 10.5. The van der Waals surface area contributed by atoms with Gasteiger partial charge in [-0.05, 0) is 74.6 Å². The lowest BCUT2D eigenvalue weighted by Gasteiger charge is -2.11. The topological polar surface area (TPSA) is 114 Å². The number of rotatable bonds is 2. The van der Waals surface area contributed by atoms with E-state index in [0.717, 1.165) is 67.0 Å². The molecule has 188 valence electrons. The van der Waals surface area contributed by atoms with Gasteiger partial charge in [-0.1, -0.05) is 19.6 Å². The second kappa shape index (κ2) is 7.87. The highest BCUT2D eigenvalue weighted by Crippen LogP contribution is 2.44. The fourth-order valence-corrected chi connectivity index (χ4v) is 6.01. The average molecular weight is 495 g/mol. The molecule has 1 saturated heterocycles. The number of nitrogens with one attached hydrogen (secondary N) is 4. The molecule has 8 bridgehead atoms. The van der Waals surface area contributed by atoms with Crippen molar-refractivity contribution in [3.05, 3.63) is 84.8 Å². The van der Waals surface area contributed by atoms with E-state index < -0.39 is 11.9 Å². The number of aromatic nitrogens is 3. The monoisotopic (exact) mass is 494 g/mol. The number of aromatic amines is 3. The summed E-state index contributed by atoms with van der Waals surface area (Å²) < 4.78 is 0. The SMILES string of the molecule is C=Cc1c2[nH]c(c1C)/C=C1\N/C(=C3\c4[nH]c(c(C)c4C(=O)[C@@H]3C(=O)O)/C=c3\[nH]/c(c(C)c3C)=C\2)C[C@@H]1C. The third-order valence-electron chi connectivity index (χ3n) is 8.35. The zero-order valence-electron chi connectivity index (χ0n) is 21.6. The molecular weight excluding hydrogens is 464 g/mol. The second-order valence-corrected chi connectivity index (χ2v) is 10.5. The molecule has 37 heavy (non-hydrogen) atoms. The zero-order chi connectivity index (χ0) is 26.3. The van der Waals surface area contributed by atoms with Gasteiger partial charge >= 0.3 is 5.97 Å². The summed E-state index contributed by atoms with van der Waals surface area (Å²) in [5.74, 6) is -2.57. The molecule has 6 rings (SSSR count). The minimum Gasteiger partial charge on any atom is -0.480 e. The summed E-state index contributed by atoms with van der Waals surface area (Å²) >= 11 is 0. The van der Waals surface area contributed by atoms with E-state index in [9.17, 15) is 14.7 Å². The van der Waals surface area contributed by atoms with E-state index in [1.165, 1.54) is 0 Å². The lowest BCUT2D eigenvalue weighted by Crippen LogP contribution is -2.22. The summed E-state index contributed by atoms with van der Waals surface area (Å²) in [5, 5.41) is 15.5. The summed E-state index contributed by atoms with van der Waals surface area (Å²) in [6, 6.07) is 0. The van der Waals surface area contributed by atoms with Gasteiger partial charge in [0.25, 0.3) is 0 Å². The van der Waals surface area contributed by atoms with Crippen molar-refractivity contribution in [1.29, 1.82) is 0 Å². The molecule has 5 heterocycles. The molecule has 7 nitrogen and oxygen atoms in total. The molecule has 0 spiro atoms. The predicted octanol–water partition coefficient (Wildman–Crippen LogP) is 3.80. The van der Waals surface area contributed by atoms with Crippen LogP contribution < -0.4 is 16.0 Å². The molecule has 3 aromatic heterocycles. The van der Waals surface area contributed by atoms with E-state index in [0.29, 0.717) is 23.3 Å². The van der Waals surface area contributed by atoms with Crippen LogP contribution in [0.15, 0.2) is 18.0 Å². The van der Waals surface area contributed by atoms with E-state index in [2.05, 4.69) is 66.7 Å². The molecule has 2 atom stereocenters. The quantitative estimate of drug-likeness (QED) is 0.349. The summed E-state index contributed by atoms with van der Waals surface area (Å²) in [6.45, 7) is 14.3. The fourth-order valence-electron chi connectivity index (χ4n) is 6.01. The van der Waals surface area contributed by atoms with Gasteiger partial charge in [0.2, 0.25) is 0 Å². The van der Waals surface area contributed by atoms with Gasteiger partial charge in [0.15, 0.2) is 5.78 Å². The Hall–Kier alpha value is -4.26. The van der Waals surface area contributed by atoms with Crippen molar-refractivity contribution in [1.82, 2.24) is 20.3 Å². The molecule has 5 N–H and O–H groups in total. The number of allylic oxidation sites excluding steroid dienone is 2. The van der Waals surface area contributed by atoms with Gasteiger partial charge in [-0.2, -0.15) is 0 Å². The largest absolute Gasteiger partial charge is 0.480 e. The van der Waals surface area contributed by atoms with Crippen LogP contribution in [0.2, 0.25) is 0 Å². The lowest BCUT2D eigenvalue weighted by molar-refractivity contribution is -0.138. The highest BCUT2D eigenvalue weighted by molar-refractivity contribution is 6.24. The molecule has 7 heteroatoms. The van der Waals surface area contributed by atoms with E-state index in [-0.39, 0.29) is 11.7 Å². The number of carbonyl (C=O) groups excluding carboxylic acids is 1. The van der Waals surface area contributed by atoms with E-state index in [1.807, 2.05) is 19.1 Å².